The Hall–Kier alpha value is -2.82. The molecule has 7 nitrogen and oxygen atoms in total. The van der Waals surface area contributed by atoms with Crippen LogP contribution in [-0.4, -0.2) is 32.1 Å². The molecule has 1 aliphatic rings. The van der Waals surface area contributed by atoms with E-state index in [1.165, 1.54) is 5.01 Å². The molecule has 0 fully saturated rings. The molecule has 22 heavy (non-hydrogen) atoms. The fraction of sp³-hybridized carbons (Fsp3) is 0.200. The quantitative estimate of drug-likeness (QED) is 0.869. The maximum absolute atomic E-state index is 10.5. The van der Waals surface area contributed by atoms with Crippen LogP contribution in [0.25, 0.3) is 0 Å². The lowest BCUT2D eigenvalue weighted by atomic mass is 9.91. The van der Waals surface area contributed by atoms with Crippen LogP contribution in [0.2, 0.25) is 0 Å². The first kappa shape index (κ1) is 14.1. The Balaban J connectivity index is 1.93. The topological polar surface area (TPSA) is 106 Å². The van der Waals surface area contributed by atoms with E-state index >= 15 is 0 Å². The van der Waals surface area contributed by atoms with Gasteiger partial charge in [0, 0.05) is 24.8 Å². The summed E-state index contributed by atoms with van der Waals surface area (Å²) in [6, 6.07) is 8.57. The first-order valence-electron chi connectivity index (χ1n) is 6.66. The number of hydrogen-bond acceptors (Lipinski definition) is 7. The number of rotatable bonds is 3. The summed E-state index contributed by atoms with van der Waals surface area (Å²) in [5.41, 5.74) is 1.24. The molecule has 7 heteroatoms. The van der Waals surface area contributed by atoms with E-state index in [0.29, 0.717) is 11.3 Å². The third-order valence-electron chi connectivity index (χ3n) is 3.53. The molecule has 2 N–H and O–H groups in total. The molecule has 110 valence electrons. The Morgan fingerprint density at radius 3 is 2.27 bits per heavy atom. The fourth-order valence-electron chi connectivity index (χ4n) is 2.42. The number of hydrazone groups is 1. The average Bonchev–Trinajstić information content (AvgIpc) is 2.92. The lowest BCUT2D eigenvalue weighted by Crippen LogP contribution is -2.36. The van der Waals surface area contributed by atoms with Crippen molar-refractivity contribution in [2.75, 3.05) is 5.01 Å². The number of aliphatic hydroxyl groups is 2. The molecule has 0 saturated carbocycles. The van der Waals surface area contributed by atoms with Gasteiger partial charge in [-0.3, -0.25) is 9.97 Å². The van der Waals surface area contributed by atoms with Gasteiger partial charge < -0.3 is 10.2 Å². The van der Waals surface area contributed by atoms with Crippen LogP contribution in [0.1, 0.15) is 11.7 Å². The smallest absolute Gasteiger partial charge is 0.159 e. The second-order valence-corrected chi connectivity index (χ2v) is 4.81. The van der Waals surface area contributed by atoms with Crippen molar-refractivity contribution in [1.29, 1.82) is 5.26 Å². The Labute approximate surface area is 126 Å². The SMILES string of the molecule is N#CC1=NN(c2ccncc2)C(O)C1C(O)c1ccncc1. The van der Waals surface area contributed by atoms with E-state index in [1.807, 2.05) is 6.07 Å². The molecular formula is C15H13N5O2. The number of nitriles is 1. The van der Waals surface area contributed by atoms with E-state index in [4.69, 9.17) is 0 Å². The van der Waals surface area contributed by atoms with E-state index in [-0.39, 0.29) is 5.71 Å². The van der Waals surface area contributed by atoms with Crippen LogP contribution in [-0.2, 0) is 0 Å². The van der Waals surface area contributed by atoms with Gasteiger partial charge in [0.05, 0.1) is 17.7 Å². The van der Waals surface area contributed by atoms with Crippen molar-refractivity contribution < 1.29 is 10.2 Å². The summed E-state index contributed by atoms with van der Waals surface area (Å²) < 4.78 is 0. The minimum Gasteiger partial charge on any atom is -0.388 e. The molecule has 0 bridgehead atoms. The lowest BCUT2D eigenvalue weighted by Gasteiger charge is -2.25. The van der Waals surface area contributed by atoms with E-state index in [9.17, 15) is 15.5 Å². The predicted molar refractivity (Wildman–Crippen MR) is 78.5 cm³/mol. The second-order valence-electron chi connectivity index (χ2n) is 4.81. The maximum atomic E-state index is 10.5. The van der Waals surface area contributed by atoms with Gasteiger partial charge in [-0.05, 0) is 29.8 Å². The summed E-state index contributed by atoms with van der Waals surface area (Å²) in [7, 11) is 0. The van der Waals surface area contributed by atoms with Crippen molar-refractivity contribution in [3.63, 3.8) is 0 Å². The van der Waals surface area contributed by atoms with Crippen molar-refractivity contribution in [2.24, 2.45) is 11.0 Å². The average molecular weight is 295 g/mol. The van der Waals surface area contributed by atoms with Crippen LogP contribution in [0.4, 0.5) is 5.69 Å². The Kier molecular flexibility index (Phi) is 3.78. The standard InChI is InChI=1S/C15H13N5O2/c16-9-12-13(14(21)10-1-5-17-6-2-10)15(22)20(19-12)11-3-7-18-8-4-11/h1-8,13-15,21-22H. The van der Waals surface area contributed by atoms with Gasteiger partial charge in [0.25, 0.3) is 0 Å². The number of pyridine rings is 2. The van der Waals surface area contributed by atoms with Gasteiger partial charge in [0.15, 0.2) is 6.23 Å². The van der Waals surface area contributed by atoms with Crippen LogP contribution >= 0.6 is 0 Å². The highest BCUT2D eigenvalue weighted by Gasteiger charge is 2.42. The number of aromatic nitrogens is 2. The van der Waals surface area contributed by atoms with E-state index in [1.54, 1.807) is 49.1 Å². The van der Waals surface area contributed by atoms with Gasteiger partial charge in [-0.25, -0.2) is 5.01 Å². The van der Waals surface area contributed by atoms with Gasteiger partial charge in [-0.15, -0.1) is 0 Å². The predicted octanol–water partition coefficient (Wildman–Crippen LogP) is 0.844. The molecule has 3 atom stereocenters. The van der Waals surface area contributed by atoms with Crippen LogP contribution in [0.3, 0.4) is 0 Å². The zero-order valence-corrected chi connectivity index (χ0v) is 11.5. The van der Waals surface area contributed by atoms with E-state index in [2.05, 4.69) is 15.1 Å². The summed E-state index contributed by atoms with van der Waals surface area (Å²) in [4.78, 5) is 7.79. The molecular weight excluding hydrogens is 282 g/mol. The Morgan fingerprint density at radius 1 is 1.09 bits per heavy atom. The first-order chi connectivity index (χ1) is 10.7. The van der Waals surface area contributed by atoms with Gasteiger partial charge in [0.1, 0.15) is 11.8 Å². The summed E-state index contributed by atoms with van der Waals surface area (Å²) in [5.74, 6) is -0.833. The van der Waals surface area contributed by atoms with Crippen LogP contribution in [0.15, 0.2) is 54.2 Å². The van der Waals surface area contributed by atoms with E-state index in [0.717, 1.165) is 0 Å². The summed E-state index contributed by atoms with van der Waals surface area (Å²) >= 11 is 0. The minimum atomic E-state index is -1.14. The van der Waals surface area contributed by atoms with Crippen molar-refractivity contribution in [1.82, 2.24) is 9.97 Å². The second kappa shape index (κ2) is 5.89. The zero-order valence-electron chi connectivity index (χ0n) is 11.5. The maximum Gasteiger partial charge on any atom is 0.159 e. The highest BCUT2D eigenvalue weighted by molar-refractivity contribution is 6.03. The number of hydrogen-bond donors (Lipinski definition) is 2. The van der Waals surface area contributed by atoms with E-state index < -0.39 is 18.2 Å². The number of anilines is 1. The molecule has 3 unspecified atom stereocenters. The van der Waals surface area contributed by atoms with Gasteiger partial charge in [-0.1, -0.05) is 0 Å². The number of aliphatic hydroxyl groups excluding tert-OH is 2. The van der Waals surface area contributed by atoms with Gasteiger partial charge in [0.2, 0.25) is 0 Å². The molecule has 3 rings (SSSR count). The molecule has 0 spiro atoms. The third-order valence-corrected chi connectivity index (χ3v) is 3.53. The molecule has 1 aliphatic heterocycles. The molecule has 2 aromatic rings. The molecule has 3 heterocycles. The molecule has 0 radical (unpaired) electrons. The summed E-state index contributed by atoms with van der Waals surface area (Å²) in [6.07, 6.45) is 4.03. The van der Waals surface area contributed by atoms with Crippen molar-refractivity contribution in [2.45, 2.75) is 12.3 Å². The summed E-state index contributed by atoms with van der Waals surface area (Å²) in [6.45, 7) is 0. The van der Waals surface area contributed by atoms with Crippen molar-refractivity contribution in [3.05, 3.63) is 54.6 Å². The van der Waals surface area contributed by atoms with Crippen LogP contribution in [0, 0.1) is 17.2 Å². The largest absolute Gasteiger partial charge is 0.388 e. The normalized spacial score (nSPS) is 22.0. The monoisotopic (exact) mass is 295 g/mol. The van der Waals surface area contributed by atoms with Crippen molar-refractivity contribution in [3.8, 4) is 6.07 Å². The van der Waals surface area contributed by atoms with Gasteiger partial charge >= 0.3 is 0 Å². The molecule has 0 saturated heterocycles. The van der Waals surface area contributed by atoms with Gasteiger partial charge in [-0.2, -0.15) is 10.4 Å². The highest BCUT2D eigenvalue weighted by Crippen LogP contribution is 2.34. The Bertz CT molecular complexity index is 714. The number of nitrogens with zero attached hydrogens (tertiary/aromatic N) is 5. The third kappa shape index (κ3) is 2.41. The lowest BCUT2D eigenvalue weighted by molar-refractivity contribution is 0.0534. The zero-order chi connectivity index (χ0) is 15.5. The van der Waals surface area contributed by atoms with Crippen LogP contribution in [0.5, 0.6) is 0 Å². The molecule has 0 aliphatic carbocycles. The minimum absolute atomic E-state index is 0.0774. The fourth-order valence-corrected chi connectivity index (χ4v) is 2.42. The highest BCUT2D eigenvalue weighted by atomic mass is 16.3. The Morgan fingerprint density at radius 2 is 1.68 bits per heavy atom. The summed E-state index contributed by atoms with van der Waals surface area (Å²) in [5, 5.41) is 35.7. The molecule has 0 aromatic carbocycles. The molecule has 0 amide bonds. The molecule has 2 aromatic heterocycles. The first-order valence-corrected chi connectivity index (χ1v) is 6.66. The van der Waals surface area contributed by atoms with Crippen molar-refractivity contribution >= 4 is 11.4 Å². The van der Waals surface area contributed by atoms with Crippen LogP contribution < -0.4 is 5.01 Å².